The van der Waals surface area contributed by atoms with Gasteiger partial charge in [0.25, 0.3) is 0 Å². The van der Waals surface area contributed by atoms with Gasteiger partial charge < -0.3 is 15.1 Å². The summed E-state index contributed by atoms with van der Waals surface area (Å²) in [7, 11) is 0. The van der Waals surface area contributed by atoms with E-state index >= 15 is 0 Å². The number of piperazine rings is 1. The Morgan fingerprint density at radius 1 is 0.950 bits per heavy atom. The maximum absolute atomic E-state index is 12.2. The molecule has 0 aromatic carbocycles. The second kappa shape index (κ2) is 7.62. The molecule has 5 nitrogen and oxygen atoms in total. The van der Waals surface area contributed by atoms with Crippen LogP contribution in [0.1, 0.15) is 45.4 Å². The standard InChI is InChI=1S/C15H27N3O2/c1-13(19)17-8-10-18(11-9-17)15(20)12-16-14-6-4-2-3-5-7-14/h14,16H,2-12H2,1H3. The molecule has 0 aromatic rings. The lowest BCUT2D eigenvalue weighted by Crippen LogP contribution is -2.52. The van der Waals surface area contributed by atoms with Crippen molar-refractivity contribution in [2.24, 2.45) is 0 Å². The quantitative estimate of drug-likeness (QED) is 0.785. The minimum atomic E-state index is 0.105. The van der Waals surface area contributed by atoms with Gasteiger partial charge in [-0.1, -0.05) is 25.7 Å². The summed E-state index contributed by atoms with van der Waals surface area (Å²) in [6.45, 7) is 4.72. The van der Waals surface area contributed by atoms with E-state index in [1.54, 1.807) is 6.92 Å². The molecule has 0 radical (unpaired) electrons. The third kappa shape index (κ3) is 4.47. The first-order valence-electron chi connectivity index (χ1n) is 7.93. The van der Waals surface area contributed by atoms with Crippen LogP contribution in [0.25, 0.3) is 0 Å². The Morgan fingerprint density at radius 3 is 2.05 bits per heavy atom. The molecular formula is C15H27N3O2. The number of nitrogens with zero attached hydrogens (tertiary/aromatic N) is 2. The minimum absolute atomic E-state index is 0.105. The Labute approximate surface area is 121 Å². The minimum Gasteiger partial charge on any atom is -0.339 e. The van der Waals surface area contributed by atoms with Crippen molar-refractivity contribution >= 4 is 11.8 Å². The van der Waals surface area contributed by atoms with Gasteiger partial charge in [0.15, 0.2) is 0 Å². The van der Waals surface area contributed by atoms with Gasteiger partial charge >= 0.3 is 0 Å². The molecule has 1 N–H and O–H groups in total. The van der Waals surface area contributed by atoms with Crippen LogP contribution in [-0.2, 0) is 9.59 Å². The zero-order valence-corrected chi connectivity index (χ0v) is 12.6. The van der Waals surface area contributed by atoms with E-state index in [0.717, 1.165) is 0 Å². The summed E-state index contributed by atoms with van der Waals surface area (Å²) < 4.78 is 0. The molecule has 2 fully saturated rings. The van der Waals surface area contributed by atoms with E-state index in [2.05, 4.69) is 5.32 Å². The molecule has 2 amide bonds. The second-order valence-corrected chi connectivity index (χ2v) is 5.96. The summed E-state index contributed by atoms with van der Waals surface area (Å²) in [5, 5.41) is 3.42. The molecule has 20 heavy (non-hydrogen) atoms. The van der Waals surface area contributed by atoms with Crippen molar-refractivity contribution in [3.63, 3.8) is 0 Å². The molecule has 0 spiro atoms. The third-order valence-electron chi connectivity index (χ3n) is 4.47. The predicted molar refractivity (Wildman–Crippen MR) is 78.3 cm³/mol. The van der Waals surface area contributed by atoms with Crippen LogP contribution in [0.5, 0.6) is 0 Å². The molecule has 114 valence electrons. The van der Waals surface area contributed by atoms with Gasteiger partial charge in [0, 0.05) is 39.1 Å². The van der Waals surface area contributed by atoms with Crippen LogP contribution < -0.4 is 5.32 Å². The number of carbonyl (C=O) groups excluding carboxylic acids is 2. The fraction of sp³-hybridized carbons (Fsp3) is 0.867. The van der Waals surface area contributed by atoms with Crippen molar-refractivity contribution in [3.05, 3.63) is 0 Å². The summed E-state index contributed by atoms with van der Waals surface area (Å²) in [6, 6.07) is 0.514. The zero-order chi connectivity index (χ0) is 14.4. The van der Waals surface area contributed by atoms with Crippen molar-refractivity contribution < 1.29 is 9.59 Å². The van der Waals surface area contributed by atoms with Crippen molar-refractivity contribution in [1.82, 2.24) is 15.1 Å². The van der Waals surface area contributed by atoms with E-state index in [0.29, 0.717) is 38.8 Å². The van der Waals surface area contributed by atoms with Gasteiger partial charge in [0.2, 0.25) is 11.8 Å². The van der Waals surface area contributed by atoms with Crippen LogP contribution in [0.15, 0.2) is 0 Å². The van der Waals surface area contributed by atoms with Crippen LogP contribution in [0, 0.1) is 0 Å². The lowest BCUT2D eigenvalue weighted by atomic mass is 10.1. The number of hydrogen-bond donors (Lipinski definition) is 1. The molecule has 0 aromatic heterocycles. The first-order chi connectivity index (χ1) is 9.66. The van der Waals surface area contributed by atoms with Gasteiger partial charge in [-0.25, -0.2) is 0 Å². The molecule has 1 aliphatic carbocycles. The molecule has 1 aliphatic heterocycles. The summed E-state index contributed by atoms with van der Waals surface area (Å²) in [6.07, 6.45) is 7.63. The first-order valence-corrected chi connectivity index (χ1v) is 7.93. The van der Waals surface area contributed by atoms with Crippen molar-refractivity contribution in [1.29, 1.82) is 0 Å². The smallest absolute Gasteiger partial charge is 0.236 e. The van der Waals surface area contributed by atoms with E-state index in [4.69, 9.17) is 0 Å². The van der Waals surface area contributed by atoms with Gasteiger partial charge in [0.05, 0.1) is 6.54 Å². The van der Waals surface area contributed by atoms with Crippen LogP contribution in [0.3, 0.4) is 0 Å². The normalized spacial score (nSPS) is 21.6. The van der Waals surface area contributed by atoms with E-state index in [1.165, 1.54) is 38.5 Å². The van der Waals surface area contributed by atoms with E-state index in [9.17, 15) is 9.59 Å². The van der Waals surface area contributed by atoms with Gasteiger partial charge in [-0.05, 0) is 12.8 Å². The fourth-order valence-corrected chi connectivity index (χ4v) is 3.10. The zero-order valence-electron chi connectivity index (χ0n) is 12.6. The molecule has 1 saturated heterocycles. The SMILES string of the molecule is CC(=O)N1CCN(C(=O)CNC2CCCCCC2)CC1. The molecule has 1 saturated carbocycles. The summed E-state index contributed by atoms with van der Waals surface area (Å²) in [5.41, 5.74) is 0. The lowest BCUT2D eigenvalue weighted by Gasteiger charge is -2.34. The van der Waals surface area contributed by atoms with E-state index in [-0.39, 0.29) is 11.8 Å². The van der Waals surface area contributed by atoms with Crippen LogP contribution >= 0.6 is 0 Å². The topological polar surface area (TPSA) is 52.7 Å². The molecular weight excluding hydrogens is 254 g/mol. The Morgan fingerprint density at radius 2 is 1.50 bits per heavy atom. The highest BCUT2D eigenvalue weighted by Gasteiger charge is 2.22. The highest BCUT2D eigenvalue weighted by atomic mass is 16.2. The molecule has 2 rings (SSSR count). The van der Waals surface area contributed by atoms with Crippen molar-refractivity contribution in [3.8, 4) is 0 Å². The van der Waals surface area contributed by atoms with Gasteiger partial charge in [-0.15, -0.1) is 0 Å². The molecule has 0 bridgehead atoms. The predicted octanol–water partition coefficient (Wildman–Crippen LogP) is 0.989. The number of amides is 2. The van der Waals surface area contributed by atoms with Gasteiger partial charge in [-0.2, -0.15) is 0 Å². The monoisotopic (exact) mass is 281 g/mol. The first kappa shape index (κ1) is 15.3. The second-order valence-electron chi connectivity index (χ2n) is 5.96. The average Bonchev–Trinajstić information content (AvgIpc) is 2.73. The van der Waals surface area contributed by atoms with Crippen LogP contribution in [-0.4, -0.2) is 60.4 Å². The Kier molecular flexibility index (Phi) is 5.83. The molecule has 0 atom stereocenters. The number of hydrogen-bond acceptors (Lipinski definition) is 3. The fourth-order valence-electron chi connectivity index (χ4n) is 3.10. The van der Waals surface area contributed by atoms with Gasteiger partial charge in [0.1, 0.15) is 0 Å². The lowest BCUT2D eigenvalue weighted by molar-refractivity contribution is -0.137. The van der Waals surface area contributed by atoms with Gasteiger partial charge in [-0.3, -0.25) is 9.59 Å². The van der Waals surface area contributed by atoms with Crippen molar-refractivity contribution in [2.45, 2.75) is 51.5 Å². The Balaban J connectivity index is 1.68. The van der Waals surface area contributed by atoms with Crippen LogP contribution in [0.4, 0.5) is 0 Å². The number of nitrogens with one attached hydrogen (secondary N) is 1. The van der Waals surface area contributed by atoms with E-state index in [1.807, 2.05) is 9.80 Å². The Hall–Kier alpha value is -1.10. The molecule has 1 heterocycles. The molecule has 0 unspecified atom stereocenters. The third-order valence-corrected chi connectivity index (χ3v) is 4.47. The average molecular weight is 281 g/mol. The maximum Gasteiger partial charge on any atom is 0.236 e. The maximum atomic E-state index is 12.2. The van der Waals surface area contributed by atoms with E-state index < -0.39 is 0 Å². The molecule has 5 heteroatoms. The highest BCUT2D eigenvalue weighted by molar-refractivity contribution is 5.79. The summed E-state index contributed by atoms with van der Waals surface area (Å²) in [4.78, 5) is 27.1. The summed E-state index contributed by atoms with van der Waals surface area (Å²) in [5.74, 6) is 0.283. The Bertz CT molecular complexity index is 330. The largest absolute Gasteiger partial charge is 0.339 e. The molecule has 2 aliphatic rings. The number of carbonyl (C=O) groups is 2. The number of rotatable bonds is 3. The summed E-state index contributed by atoms with van der Waals surface area (Å²) >= 11 is 0. The van der Waals surface area contributed by atoms with Crippen molar-refractivity contribution in [2.75, 3.05) is 32.7 Å². The van der Waals surface area contributed by atoms with Crippen LogP contribution in [0.2, 0.25) is 0 Å². The highest BCUT2D eigenvalue weighted by Crippen LogP contribution is 2.17.